The number of aromatic carboxylic acids is 1. The second kappa shape index (κ2) is 5.14. The van der Waals surface area contributed by atoms with Gasteiger partial charge in [0.2, 0.25) is 0 Å². The zero-order chi connectivity index (χ0) is 12.4. The highest BCUT2D eigenvalue weighted by Gasteiger charge is 2.30. The van der Waals surface area contributed by atoms with E-state index in [4.69, 9.17) is 9.84 Å². The van der Waals surface area contributed by atoms with E-state index in [1.54, 1.807) is 0 Å². The molecule has 94 valence electrons. The summed E-state index contributed by atoms with van der Waals surface area (Å²) >= 11 is 1.49. The van der Waals surface area contributed by atoms with Crippen molar-refractivity contribution in [2.24, 2.45) is 0 Å². The number of hydrogen-bond donors (Lipinski definition) is 1. The number of carboxylic acids is 1. The van der Waals surface area contributed by atoms with Crippen molar-refractivity contribution < 1.29 is 14.6 Å². The maximum absolute atomic E-state index is 11.2. The minimum absolute atomic E-state index is 0.0702. The second-order valence-corrected chi connectivity index (χ2v) is 5.50. The van der Waals surface area contributed by atoms with Crippen LogP contribution in [-0.2, 0) is 11.2 Å². The van der Waals surface area contributed by atoms with E-state index in [1.165, 1.54) is 11.3 Å². The molecular weight excluding hydrogens is 238 g/mol. The summed E-state index contributed by atoms with van der Waals surface area (Å²) in [7, 11) is 0. The fourth-order valence-corrected chi connectivity index (χ4v) is 3.30. The fourth-order valence-electron chi connectivity index (χ4n) is 2.07. The standard InChI is InChI=1S/C12H17NO3S/c1-3-4-9-13-10(12(14)15)11(17-9)8-6-5-7(2)16-8/h7-8H,3-6H2,1-2H3,(H,14,15). The average molecular weight is 255 g/mol. The number of carbonyl (C=O) groups is 1. The van der Waals surface area contributed by atoms with Crippen LogP contribution in [0.2, 0.25) is 0 Å². The van der Waals surface area contributed by atoms with Gasteiger partial charge in [-0.1, -0.05) is 6.92 Å². The van der Waals surface area contributed by atoms with Gasteiger partial charge in [-0.25, -0.2) is 9.78 Å². The quantitative estimate of drug-likeness (QED) is 0.898. The van der Waals surface area contributed by atoms with Crippen LogP contribution in [0.15, 0.2) is 0 Å². The number of aromatic nitrogens is 1. The molecule has 0 saturated carbocycles. The summed E-state index contributed by atoms with van der Waals surface area (Å²) in [5.74, 6) is -0.943. The molecule has 5 heteroatoms. The highest BCUT2D eigenvalue weighted by Crippen LogP contribution is 2.37. The molecule has 1 N–H and O–H groups in total. The van der Waals surface area contributed by atoms with Crippen LogP contribution in [0.25, 0.3) is 0 Å². The first-order valence-corrected chi connectivity index (χ1v) is 6.81. The van der Waals surface area contributed by atoms with Crippen molar-refractivity contribution in [2.75, 3.05) is 0 Å². The molecule has 0 aliphatic carbocycles. The Morgan fingerprint density at radius 1 is 1.59 bits per heavy atom. The maximum atomic E-state index is 11.2. The van der Waals surface area contributed by atoms with Crippen molar-refractivity contribution in [2.45, 2.75) is 51.7 Å². The van der Waals surface area contributed by atoms with Crippen LogP contribution in [0.5, 0.6) is 0 Å². The van der Waals surface area contributed by atoms with Gasteiger partial charge in [-0.05, 0) is 32.6 Å². The molecule has 2 atom stereocenters. The Morgan fingerprint density at radius 2 is 2.35 bits per heavy atom. The van der Waals surface area contributed by atoms with E-state index in [0.29, 0.717) is 0 Å². The van der Waals surface area contributed by atoms with Crippen molar-refractivity contribution in [1.29, 1.82) is 0 Å². The molecule has 0 bridgehead atoms. The van der Waals surface area contributed by atoms with Gasteiger partial charge < -0.3 is 9.84 Å². The molecule has 1 aromatic heterocycles. The normalized spacial score (nSPS) is 24.1. The lowest BCUT2D eigenvalue weighted by molar-refractivity contribution is 0.0539. The van der Waals surface area contributed by atoms with Crippen molar-refractivity contribution in [3.8, 4) is 0 Å². The number of aryl methyl sites for hydroxylation is 1. The first-order chi connectivity index (χ1) is 8.11. The fraction of sp³-hybridized carbons (Fsp3) is 0.667. The Morgan fingerprint density at radius 3 is 2.88 bits per heavy atom. The molecule has 0 spiro atoms. The predicted molar refractivity (Wildman–Crippen MR) is 65.6 cm³/mol. The van der Waals surface area contributed by atoms with E-state index in [0.717, 1.165) is 35.6 Å². The van der Waals surface area contributed by atoms with E-state index in [-0.39, 0.29) is 17.9 Å². The molecule has 1 aliphatic rings. The number of hydrogen-bond acceptors (Lipinski definition) is 4. The number of rotatable bonds is 4. The first-order valence-electron chi connectivity index (χ1n) is 6.00. The maximum Gasteiger partial charge on any atom is 0.355 e. The van der Waals surface area contributed by atoms with Crippen LogP contribution < -0.4 is 0 Å². The summed E-state index contributed by atoms with van der Waals surface area (Å²) in [4.78, 5) is 16.2. The molecule has 0 radical (unpaired) electrons. The molecule has 1 aliphatic heterocycles. The van der Waals surface area contributed by atoms with Crippen LogP contribution in [0.4, 0.5) is 0 Å². The molecule has 1 saturated heterocycles. The molecular formula is C12H17NO3S. The third-order valence-corrected chi connectivity index (χ3v) is 4.10. The van der Waals surface area contributed by atoms with Crippen molar-refractivity contribution in [3.63, 3.8) is 0 Å². The lowest BCUT2D eigenvalue weighted by Crippen LogP contribution is -2.06. The molecule has 1 fully saturated rings. The van der Waals surface area contributed by atoms with Crippen LogP contribution in [0, 0.1) is 0 Å². The Hall–Kier alpha value is -0.940. The smallest absolute Gasteiger partial charge is 0.355 e. The van der Waals surface area contributed by atoms with Gasteiger partial charge in [-0.15, -0.1) is 11.3 Å². The molecule has 4 nitrogen and oxygen atoms in total. The Labute approximate surface area is 105 Å². The monoisotopic (exact) mass is 255 g/mol. The molecule has 0 aromatic carbocycles. The van der Waals surface area contributed by atoms with Crippen molar-refractivity contribution in [1.82, 2.24) is 4.98 Å². The van der Waals surface area contributed by atoms with Crippen LogP contribution in [0.1, 0.15) is 59.6 Å². The number of ether oxygens (including phenoxy) is 1. The Kier molecular flexibility index (Phi) is 3.79. The number of carboxylic acid groups (broad SMARTS) is 1. The average Bonchev–Trinajstić information content (AvgIpc) is 2.84. The van der Waals surface area contributed by atoms with Gasteiger partial charge in [0.05, 0.1) is 22.1 Å². The lowest BCUT2D eigenvalue weighted by atomic mass is 10.1. The van der Waals surface area contributed by atoms with Gasteiger partial charge in [0, 0.05) is 0 Å². The topological polar surface area (TPSA) is 59.4 Å². The van der Waals surface area contributed by atoms with Crippen LogP contribution in [-0.4, -0.2) is 22.2 Å². The largest absolute Gasteiger partial charge is 0.476 e. The van der Waals surface area contributed by atoms with Crippen LogP contribution in [0.3, 0.4) is 0 Å². The number of thiazole rings is 1. The zero-order valence-electron chi connectivity index (χ0n) is 10.1. The third kappa shape index (κ3) is 2.66. The SMILES string of the molecule is CCCc1nc(C(=O)O)c(C2CCC(C)O2)s1. The summed E-state index contributed by atoms with van der Waals surface area (Å²) in [6.07, 6.45) is 3.86. The lowest BCUT2D eigenvalue weighted by Gasteiger charge is -2.08. The highest BCUT2D eigenvalue weighted by molar-refractivity contribution is 7.12. The Balaban J connectivity index is 2.27. The van der Waals surface area contributed by atoms with E-state index in [1.807, 2.05) is 6.92 Å². The zero-order valence-corrected chi connectivity index (χ0v) is 10.9. The predicted octanol–water partition coefficient (Wildman–Crippen LogP) is 3.03. The van der Waals surface area contributed by atoms with Crippen LogP contribution >= 0.6 is 11.3 Å². The third-order valence-electron chi connectivity index (χ3n) is 2.89. The Bertz CT molecular complexity index is 416. The molecule has 1 aromatic rings. The summed E-state index contributed by atoms with van der Waals surface area (Å²) in [5, 5.41) is 10.1. The van der Waals surface area contributed by atoms with E-state index in [9.17, 15) is 4.79 Å². The van der Waals surface area contributed by atoms with E-state index < -0.39 is 5.97 Å². The van der Waals surface area contributed by atoms with Gasteiger partial charge in [-0.3, -0.25) is 0 Å². The first kappa shape index (κ1) is 12.5. The second-order valence-electron chi connectivity index (χ2n) is 4.39. The highest BCUT2D eigenvalue weighted by atomic mass is 32.1. The summed E-state index contributed by atoms with van der Waals surface area (Å²) in [5.41, 5.74) is 0.192. The van der Waals surface area contributed by atoms with E-state index in [2.05, 4.69) is 11.9 Å². The molecule has 17 heavy (non-hydrogen) atoms. The molecule has 2 unspecified atom stereocenters. The van der Waals surface area contributed by atoms with Crippen molar-refractivity contribution in [3.05, 3.63) is 15.6 Å². The minimum atomic E-state index is -0.943. The van der Waals surface area contributed by atoms with E-state index >= 15 is 0 Å². The van der Waals surface area contributed by atoms with Crippen molar-refractivity contribution >= 4 is 17.3 Å². The summed E-state index contributed by atoms with van der Waals surface area (Å²) < 4.78 is 5.74. The molecule has 2 rings (SSSR count). The molecule has 0 amide bonds. The van der Waals surface area contributed by atoms with Gasteiger partial charge in [0.15, 0.2) is 5.69 Å². The van der Waals surface area contributed by atoms with Gasteiger partial charge in [-0.2, -0.15) is 0 Å². The molecule has 2 heterocycles. The minimum Gasteiger partial charge on any atom is -0.476 e. The van der Waals surface area contributed by atoms with Gasteiger partial charge in [0.1, 0.15) is 0 Å². The van der Waals surface area contributed by atoms with Gasteiger partial charge in [0.25, 0.3) is 0 Å². The summed E-state index contributed by atoms with van der Waals surface area (Å²) in [6.45, 7) is 4.09. The summed E-state index contributed by atoms with van der Waals surface area (Å²) in [6, 6.07) is 0. The number of nitrogens with zero attached hydrogens (tertiary/aromatic N) is 1. The van der Waals surface area contributed by atoms with Gasteiger partial charge >= 0.3 is 5.97 Å².